The van der Waals surface area contributed by atoms with Gasteiger partial charge in [0.15, 0.2) is 0 Å². The summed E-state index contributed by atoms with van der Waals surface area (Å²) in [5.41, 5.74) is 6.81. The van der Waals surface area contributed by atoms with Crippen molar-refractivity contribution in [1.82, 2.24) is 14.9 Å². The van der Waals surface area contributed by atoms with E-state index >= 15 is 0 Å². The van der Waals surface area contributed by atoms with E-state index in [0.29, 0.717) is 12.0 Å². The van der Waals surface area contributed by atoms with Crippen LogP contribution < -0.4 is 5.73 Å². The van der Waals surface area contributed by atoms with Gasteiger partial charge in [-0.3, -0.25) is 14.9 Å². The fraction of sp³-hybridized carbons (Fsp3) is 0.667. The molecule has 4 heteroatoms. The van der Waals surface area contributed by atoms with Crippen molar-refractivity contribution < 1.29 is 0 Å². The molecule has 88 valence electrons. The molecule has 0 bridgehead atoms. The average Bonchev–Trinajstić information content (AvgIpc) is 2.39. The number of likely N-dealkylation sites (tertiary alicyclic amines) is 1. The van der Waals surface area contributed by atoms with Crippen LogP contribution in [0.15, 0.2) is 18.6 Å². The molecule has 0 amide bonds. The van der Waals surface area contributed by atoms with E-state index in [1.165, 1.54) is 12.8 Å². The van der Waals surface area contributed by atoms with Crippen LogP contribution in [0.5, 0.6) is 0 Å². The first-order valence-electron chi connectivity index (χ1n) is 6.01. The molecular formula is C12H20N4. The molecule has 0 spiro atoms. The van der Waals surface area contributed by atoms with Crippen molar-refractivity contribution in [2.24, 2.45) is 11.7 Å². The van der Waals surface area contributed by atoms with Gasteiger partial charge in [-0.25, -0.2) is 0 Å². The quantitative estimate of drug-likeness (QED) is 0.832. The van der Waals surface area contributed by atoms with Crippen molar-refractivity contribution >= 4 is 0 Å². The molecule has 4 nitrogen and oxygen atoms in total. The van der Waals surface area contributed by atoms with Crippen molar-refractivity contribution in [2.45, 2.75) is 25.8 Å². The third-order valence-corrected chi connectivity index (χ3v) is 3.44. The van der Waals surface area contributed by atoms with Gasteiger partial charge < -0.3 is 5.73 Å². The standard InChI is InChI=1S/C12H20N4/c1-10(12-8-14-4-5-15-12)16-6-2-3-11(7-13)9-16/h4-5,8,10-11H,2-3,6-7,9,13H2,1H3/t10-,11-/m1/s1. The predicted molar refractivity (Wildman–Crippen MR) is 63.8 cm³/mol. The Kier molecular flexibility index (Phi) is 3.85. The Hall–Kier alpha value is -1.00. The van der Waals surface area contributed by atoms with Gasteiger partial charge in [0.2, 0.25) is 0 Å². The molecule has 1 fully saturated rings. The minimum Gasteiger partial charge on any atom is -0.330 e. The van der Waals surface area contributed by atoms with Crippen LogP contribution in [-0.4, -0.2) is 34.5 Å². The molecular weight excluding hydrogens is 200 g/mol. The van der Waals surface area contributed by atoms with Crippen molar-refractivity contribution in [1.29, 1.82) is 0 Å². The van der Waals surface area contributed by atoms with E-state index in [1.54, 1.807) is 12.4 Å². The van der Waals surface area contributed by atoms with Gasteiger partial charge >= 0.3 is 0 Å². The van der Waals surface area contributed by atoms with Crippen LogP contribution in [0.3, 0.4) is 0 Å². The van der Waals surface area contributed by atoms with Gasteiger partial charge in [0, 0.05) is 25.1 Å². The molecule has 16 heavy (non-hydrogen) atoms. The number of hydrogen-bond acceptors (Lipinski definition) is 4. The van der Waals surface area contributed by atoms with Crippen LogP contribution in [0.2, 0.25) is 0 Å². The molecule has 1 aromatic rings. The zero-order chi connectivity index (χ0) is 11.4. The first-order chi connectivity index (χ1) is 7.81. The lowest BCUT2D eigenvalue weighted by atomic mass is 9.96. The second kappa shape index (κ2) is 5.37. The first-order valence-corrected chi connectivity index (χ1v) is 6.01. The molecule has 2 atom stereocenters. The monoisotopic (exact) mass is 220 g/mol. The molecule has 1 aliphatic heterocycles. The van der Waals surface area contributed by atoms with Gasteiger partial charge in [-0.2, -0.15) is 0 Å². The summed E-state index contributed by atoms with van der Waals surface area (Å²) in [6.45, 7) is 5.23. The molecule has 2 rings (SSSR count). The summed E-state index contributed by atoms with van der Waals surface area (Å²) in [6.07, 6.45) is 7.84. The van der Waals surface area contributed by atoms with E-state index in [9.17, 15) is 0 Å². The van der Waals surface area contributed by atoms with Gasteiger partial charge in [-0.05, 0) is 38.8 Å². The molecule has 0 saturated carbocycles. The van der Waals surface area contributed by atoms with Crippen molar-refractivity contribution in [3.8, 4) is 0 Å². The number of nitrogens with two attached hydrogens (primary N) is 1. The Morgan fingerprint density at radius 1 is 1.56 bits per heavy atom. The van der Waals surface area contributed by atoms with Crippen molar-refractivity contribution in [3.63, 3.8) is 0 Å². The molecule has 1 saturated heterocycles. The second-order valence-corrected chi connectivity index (χ2v) is 4.55. The SMILES string of the molecule is C[C@H](c1cnccn1)N1CCC[C@H](CN)C1. The van der Waals surface area contributed by atoms with E-state index in [1.807, 2.05) is 6.20 Å². The fourth-order valence-electron chi connectivity index (χ4n) is 2.35. The second-order valence-electron chi connectivity index (χ2n) is 4.55. The zero-order valence-corrected chi connectivity index (χ0v) is 9.84. The maximum absolute atomic E-state index is 5.75. The van der Waals surface area contributed by atoms with Gasteiger partial charge in [-0.15, -0.1) is 0 Å². The van der Waals surface area contributed by atoms with Crippen LogP contribution in [0, 0.1) is 5.92 Å². The lowest BCUT2D eigenvalue weighted by Gasteiger charge is -2.36. The number of piperidine rings is 1. The van der Waals surface area contributed by atoms with E-state index in [-0.39, 0.29) is 0 Å². The zero-order valence-electron chi connectivity index (χ0n) is 9.84. The number of nitrogens with zero attached hydrogens (tertiary/aromatic N) is 3. The Labute approximate surface area is 96.9 Å². The van der Waals surface area contributed by atoms with E-state index in [0.717, 1.165) is 25.3 Å². The fourth-order valence-corrected chi connectivity index (χ4v) is 2.35. The summed E-state index contributed by atoms with van der Waals surface area (Å²) in [4.78, 5) is 11.0. The first kappa shape index (κ1) is 11.5. The van der Waals surface area contributed by atoms with Gasteiger partial charge in [0.1, 0.15) is 0 Å². The van der Waals surface area contributed by atoms with Gasteiger partial charge in [0.05, 0.1) is 11.7 Å². The highest BCUT2D eigenvalue weighted by molar-refractivity contribution is 5.01. The smallest absolute Gasteiger partial charge is 0.0755 e. The Bertz CT molecular complexity index is 314. The lowest BCUT2D eigenvalue weighted by Crippen LogP contribution is -2.40. The Balaban J connectivity index is 2.01. The van der Waals surface area contributed by atoms with E-state index in [2.05, 4.69) is 21.8 Å². The van der Waals surface area contributed by atoms with Crippen LogP contribution in [-0.2, 0) is 0 Å². The van der Waals surface area contributed by atoms with Gasteiger partial charge in [0.25, 0.3) is 0 Å². The average molecular weight is 220 g/mol. The van der Waals surface area contributed by atoms with Crippen LogP contribution in [0.25, 0.3) is 0 Å². The molecule has 0 radical (unpaired) electrons. The number of hydrogen-bond donors (Lipinski definition) is 1. The normalized spacial score (nSPS) is 24.2. The Morgan fingerprint density at radius 2 is 2.44 bits per heavy atom. The number of rotatable bonds is 3. The molecule has 2 N–H and O–H groups in total. The third kappa shape index (κ3) is 2.57. The molecule has 0 aliphatic carbocycles. The van der Waals surface area contributed by atoms with Crippen molar-refractivity contribution in [2.75, 3.05) is 19.6 Å². The summed E-state index contributed by atoms with van der Waals surface area (Å²) in [6, 6.07) is 0.350. The highest BCUT2D eigenvalue weighted by Crippen LogP contribution is 2.24. The largest absolute Gasteiger partial charge is 0.330 e. The summed E-state index contributed by atoms with van der Waals surface area (Å²) in [7, 11) is 0. The highest BCUT2D eigenvalue weighted by atomic mass is 15.2. The summed E-state index contributed by atoms with van der Waals surface area (Å²) in [5, 5.41) is 0. The number of aromatic nitrogens is 2. The summed E-state index contributed by atoms with van der Waals surface area (Å²) in [5.74, 6) is 0.646. The minimum absolute atomic E-state index is 0.350. The maximum Gasteiger partial charge on any atom is 0.0755 e. The Morgan fingerprint density at radius 3 is 3.12 bits per heavy atom. The summed E-state index contributed by atoms with van der Waals surface area (Å²) < 4.78 is 0. The topological polar surface area (TPSA) is 55.0 Å². The third-order valence-electron chi connectivity index (χ3n) is 3.44. The molecule has 1 aliphatic rings. The highest BCUT2D eigenvalue weighted by Gasteiger charge is 2.24. The van der Waals surface area contributed by atoms with Crippen LogP contribution >= 0.6 is 0 Å². The maximum atomic E-state index is 5.75. The van der Waals surface area contributed by atoms with E-state index < -0.39 is 0 Å². The molecule has 1 aromatic heterocycles. The molecule has 2 heterocycles. The van der Waals surface area contributed by atoms with Crippen LogP contribution in [0.4, 0.5) is 0 Å². The van der Waals surface area contributed by atoms with Gasteiger partial charge in [-0.1, -0.05) is 0 Å². The van der Waals surface area contributed by atoms with Crippen LogP contribution in [0.1, 0.15) is 31.5 Å². The molecule has 0 aromatic carbocycles. The molecule has 0 unspecified atom stereocenters. The lowest BCUT2D eigenvalue weighted by molar-refractivity contribution is 0.132. The van der Waals surface area contributed by atoms with E-state index in [4.69, 9.17) is 5.73 Å². The predicted octanol–water partition coefficient (Wildman–Crippen LogP) is 1.21. The summed E-state index contributed by atoms with van der Waals surface area (Å²) >= 11 is 0. The minimum atomic E-state index is 0.350. The van der Waals surface area contributed by atoms with Crippen molar-refractivity contribution in [3.05, 3.63) is 24.3 Å².